The lowest BCUT2D eigenvalue weighted by molar-refractivity contribution is -0.116. The first-order chi connectivity index (χ1) is 10.5. The van der Waals surface area contributed by atoms with Crippen molar-refractivity contribution in [3.05, 3.63) is 54.1 Å². The Morgan fingerprint density at radius 1 is 1.23 bits per heavy atom. The van der Waals surface area contributed by atoms with E-state index in [0.717, 1.165) is 5.56 Å². The van der Waals surface area contributed by atoms with Gasteiger partial charge in [-0.2, -0.15) is 0 Å². The summed E-state index contributed by atoms with van der Waals surface area (Å²) in [6.07, 6.45) is 4.08. The van der Waals surface area contributed by atoms with Crippen LogP contribution in [-0.4, -0.2) is 16.8 Å². The first-order valence-electron chi connectivity index (χ1n) is 6.80. The number of amides is 2. The second-order valence-corrected chi connectivity index (χ2v) is 4.79. The van der Waals surface area contributed by atoms with Crippen molar-refractivity contribution in [2.45, 2.75) is 19.8 Å². The summed E-state index contributed by atoms with van der Waals surface area (Å²) in [5, 5.41) is 5.05. The summed E-state index contributed by atoms with van der Waals surface area (Å²) < 4.78 is 13.7. The van der Waals surface area contributed by atoms with Gasteiger partial charge in [0.05, 0.1) is 5.69 Å². The van der Waals surface area contributed by atoms with Gasteiger partial charge in [-0.05, 0) is 36.2 Å². The van der Waals surface area contributed by atoms with Gasteiger partial charge in [0.1, 0.15) is 5.82 Å². The van der Waals surface area contributed by atoms with E-state index >= 15 is 0 Å². The fourth-order valence-electron chi connectivity index (χ4n) is 1.92. The van der Waals surface area contributed by atoms with Gasteiger partial charge in [-0.25, -0.2) is 4.39 Å². The first-order valence-corrected chi connectivity index (χ1v) is 6.80. The van der Waals surface area contributed by atoms with Gasteiger partial charge in [0.2, 0.25) is 11.8 Å². The minimum absolute atomic E-state index is 0.0439. The lowest BCUT2D eigenvalue weighted by Crippen LogP contribution is -2.14. The first kappa shape index (κ1) is 15.6. The van der Waals surface area contributed by atoms with Crippen molar-refractivity contribution in [2.24, 2.45) is 0 Å². The molecule has 0 aliphatic heterocycles. The van der Waals surface area contributed by atoms with Crippen molar-refractivity contribution < 1.29 is 14.0 Å². The third-order valence-electron chi connectivity index (χ3n) is 2.92. The number of pyridine rings is 1. The molecule has 0 aliphatic rings. The Kier molecular flexibility index (Phi) is 5.19. The highest BCUT2D eigenvalue weighted by Gasteiger charge is 2.09. The van der Waals surface area contributed by atoms with Crippen LogP contribution in [0.5, 0.6) is 0 Å². The molecule has 22 heavy (non-hydrogen) atoms. The predicted molar refractivity (Wildman–Crippen MR) is 81.9 cm³/mol. The minimum atomic E-state index is -0.552. The van der Waals surface area contributed by atoms with Gasteiger partial charge in [-0.1, -0.05) is 6.07 Å². The smallest absolute Gasteiger partial charge is 0.224 e. The van der Waals surface area contributed by atoms with Crippen LogP contribution in [0.25, 0.3) is 0 Å². The van der Waals surface area contributed by atoms with Crippen LogP contribution in [0.4, 0.5) is 15.8 Å². The van der Waals surface area contributed by atoms with Crippen molar-refractivity contribution in [3.63, 3.8) is 0 Å². The molecule has 0 saturated carbocycles. The number of anilines is 2. The normalized spacial score (nSPS) is 10.1. The second-order valence-electron chi connectivity index (χ2n) is 4.79. The third kappa shape index (κ3) is 4.66. The zero-order chi connectivity index (χ0) is 15.9. The highest BCUT2D eigenvalue weighted by molar-refractivity contribution is 5.93. The Morgan fingerprint density at radius 3 is 2.73 bits per heavy atom. The molecule has 0 aliphatic carbocycles. The Hall–Kier alpha value is -2.76. The molecule has 0 fully saturated rings. The number of benzene rings is 1. The molecule has 0 bridgehead atoms. The Morgan fingerprint density at radius 2 is 2.05 bits per heavy atom. The largest absolute Gasteiger partial charge is 0.326 e. The van der Waals surface area contributed by atoms with E-state index in [0.29, 0.717) is 12.1 Å². The zero-order valence-corrected chi connectivity index (χ0v) is 12.1. The summed E-state index contributed by atoms with van der Waals surface area (Å²) in [6.45, 7) is 1.36. The van der Waals surface area contributed by atoms with E-state index in [2.05, 4.69) is 15.6 Å². The maximum absolute atomic E-state index is 13.7. The quantitative estimate of drug-likeness (QED) is 0.892. The number of hydrogen-bond donors (Lipinski definition) is 2. The van der Waals surface area contributed by atoms with Crippen LogP contribution < -0.4 is 10.6 Å². The van der Waals surface area contributed by atoms with Gasteiger partial charge in [-0.3, -0.25) is 14.6 Å². The molecule has 2 N–H and O–H groups in total. The summed E-state index contributed by atoms with van der Waals surface area (Å²) >= 11 is 0. The lowest BCUT2D eigenvalue weighted by atomic mass is 10.1. The van der Waals surface area contributed by atoms with Crippen molar-refractivity contribution in [1.82, 2.24) is 4.98 Å². The molecule has 5 nitrogen and oxygen atoms in total. The van der Waals surface area contributed by atoms with Crippen LogP contribution >= 0.6 is 0 Å². The minimum Gasteiger partial charge on any atom is -0.326 e. The van der Waals surface area contributed by atoms with E-state index in [9.17, 15) is 14.0 Å². The van der Waals surface area contributed by atoms with Gasteiger partial charge < -0.3 is 10.6 Å². The highest BCUT2D eigenvalue weighted by atomic mass is 19.1. The van der Waals surface area contributed by atoms with Crippen molar-refractivity contribution in [1.29, 1.82) is 0 Å². The van der Waals surface area contributed by atoms with E-state index in [1.54, 1.807) is 18.5 Å². The zero-order valence-electron chi connectivity index (χ0n) is 12.1. The summed E-state index contributed by atoms with van der Waals surface area (Å²) in [5.41, 5.74) is 1.41. The van der Waals surface area contributed by atoms with Gasteiger partial charge in [0.15, 0.2) is 0 Å². The molecular weight excluding hydrogens is 285 g/mol. The second kappa shape index (κ2) is 7.31. The standard InChI is InChI=1S/C16H16FN3O2/c1-11(21)19-13-5-6-14(17)15(9-13)20-16(22)7-4-12-3-2-8-18-10-12/h2-3,5-6,8-10H,4,7H2,1H3,(H,19,21)(H,20,22). The van der Waals surface area contributed by atoms with E-state index < -0.39 is 5.82 Å². The molecule has 6 heteroatoms. The number of carbonyl (C=O) groups excluding carboxylic acids is 2. The van der Waals surface area contributed by atoms with Gasteiger partial charge in [0.25, 0.3) is 0 Å². The Bertz CT molecular complexity index is 674. The number of carbonyl (C=O) groups is 2. The summed E-state index contributed by atoms with van der Waals surface area (Å²) in [6, 6.07) is 7.69. The molecular formula is C16H16FN3O2. The van der Waals surface area contributed by atoms with E-state index in [1.165, 1.54) is 25.1 Å². The van der Waals surface area contributed by atoms with Gasteiger partial charge >= 0.3 is 0 Å². The molecule has 0 radical (unpaired) electrons. The van der Waals surface area contributed by atoms with Crippen LogP contribution in [0.3, 0.4) is 0 Å². The number of halogens is 1. The predicted octanol–water partition coefficient (Wildman–Crippen LogP) is 2.75. The molecule has 0 spiro atoms. The van der Waals surface area contributed by atoms with Crippen molar-refractivity contribution >= 4 is 23.2 Å². The molecule has 0 unspecified atom stereocenters. The van der Waals surface area contributed by atoms with Crippen molar-refractivity contribution in [3.8, 4) is 0 Å². The number of hydrogen-bond acceptors (Lipinski definition) is 3. The van der Waals surface area contributed by atoms with Crippen LogP contribution in [0, 0.1) is 5.82 Å². The van der Waals surface area contributed by atoms with E-state index in [1.807, 2.05) is 6.07 Å². The molecule has 2 rings (SSSR count). The fraction of sp³-hybridized carbons (Fsp3) is 0.188. The van der Waals surface area contributed by atoms with Crippen LogP contribution in [0.15, 0.2) is 42.7 Å². The van der Waals surface area contributed by atoms with Gasteiger partial charge in [0, 0.05) is 31.4 Å². The number of nitrogens with zero attached hydrogens (tertiary/aromatic N) is 1. The third-order valence-corrected chi connectivity index (χ3v) is 2.92. The highest BCUT2D eigenvalue weighted by Crippen LogP contribution is 2.20. The summed E-state index contributed by atoms with van der Waals surface area (Å²) in [7, 11) is 0. The molecule has 114 valence electrons. The average molecular weight is 301 g/mol. The SMILES string of the molecule is CC(=O)Nc1ccc(F)c(NC(=O)CCc2cccnc2)c1. The Balaban J connectivity index is 1.97. The topological polar surface area (TPSA) is 71.1 Å². The van der Waals surface area contributed by atoms with Gasteiger partial charge in [-0.15, -0.1) is 0 Å². The number of aryl methyl sites for hydroxylation is 1. The number of aromatic nitrogens is 1. The molecule has 1 heterocycles. The summed E-state index contributed by atoms with van der Waals surface area (Å²) in [4.78, 5) is 26.8. The van der Waals surface area contributed by atoms with Crippen LogP contribution in [-0.2, 0) is 16.0 Å². The van der Waals surface area contributed by atoms with E-state index in [4.69, 9.17) is 0 Å². The lowest BCUT2D eigenvalue weighted by Gasteiger charge is -2.09. The molecule has 1 aromatic heterocycles. The average Bonchev–Trinajstić information content (AvgIpc) is 2.49. The molecule has 2 aromatic rings. The Labute approximate surface area is 127 Å². The monoisotopic (exact) mass is 301 g/mol. The molecule has 2 amide bonds. The summed E-state index contributed by atoms with van der Waals surface area (Å²) in [5.74, 6) is -1.12. The molecule has 0 saturated heterocycles. The maximum Gasteiger partial charge on any atom is 0.224 e. The number of rotatable bonds is 5. The van der Waals surface area contributed by atoms with E-state index in [-0.39, 0.29) is 23.9 Å². The maximum atomic E-state index is 13.7. The molecule has 1 aromatic carbocycles. The number of nitrogens with one attached hydrogen (secondary N) is 2. The fourth-order valence-corrected chi connectivity index (χ4v) is 1.92. The van der Waals surface area contributed by atoms with Crippen molar-refractivity contribution in [2.75, 3.05) is 10.6 Å². The van der Waals surface area contributed by atoms with Crippen LogP contribution in [0.2, 0.25) is 0 Å². The van der Waals surface area contributed by atoms with Crippen LogP contribution in [0.1, 0.15) is 18.9 Å². The molecule has 0 atom stereocenters.